The summed E-state index contributed by atoms with van der Waals surface area (Å²) >= 11 is 0. The number of carbonyl (C=O) groups is 2. The molecule has 2 N–H and O–H groups in total. The minimum atomic E-state index is -0.873. The zero-order valence-corrected chi connectivity index (χ0v) is 15.2. The summed E-state index contributed by atoms with van der Waals surface area (Å²) in [4.78, 5) is 28.8. The van der Waals surface area contributed by atoms with Crippen molar-refractivity contribution in [3.8, 4) is 0 Å². The summed E-state index contributed by atoms with van der Waals surface area (Å²) in [5, 5.41) is 10.2. The molecule has 0 atom stereocenters. The largest absolute Gasteiger partial charge is 0.481 e. The molecule has 26 heavy (non-hydrogen) atoms. The Bertz CT molecular complexity index is 777. The molecule has 2 heterocycles. The summed E-state index contributed by atoms with van der Waals surface area (Å²) < 4.78 is 5.38. The van der Waals surface area contributed by atoms with E-state index in [9.17, 15) is 9.59 Å². The molecule has 1 aliphatic rings. The number of amides is 1. The number of carboxylic acid groups (broad SMARTS) is 1. The Morgan fingerprint density at radius 2 is 2.04 bits per heavy atom. The van der Waals surface area contributed by atoms with E-state index in [1.165, 1.54) is 5.56 Å². The van der Waals surface area contributed by atoms with Crippen LogP contribution < -0.4 is 0 Å². The van der Waals surface area contributed by atoms with Crippen LogP contribution in [0.15, 0.2) is 24.4 Å². The van der Waals surface area contributed by atoms with E-state index in [-0.39, 0.29) is 24.9 Å². The van der Waals surface area contributed by atoms with E-state index in [0.717, 1.165) is 29.3 Å². The first kappa shape index (κ1) is 18.5. The third kappa shape index (κ3) is 4.43. The standard InChI is InChI=1S/C20H26N2O4/c1-14-2-4-18-17(12-14)15(13-21-18)3-5-19(23)22(9-6-20(24)25)16-7-10-26-11-8-16/h2,4,12-13,16,21H,3,5-11H2,1H3,(H,24,25). The number of hydrogen-bond acceptors (Lipinski definition) is 3. The number of carbonyl (C=O) groups excluding carboxylic acids is 1. The molecule has 1 aromatic carbocycles. The second kappa shape index (κ2) is 8.36. The highest BCUT2D eigenvalue weighted by Gasteiger charge is 2.26. The lowest BCUT2D eigenvalue weighted by Gasteiger charge is -2.34. The number of hydrogen-bond donors (Lipinski definition) is 2. The van der Waals surface area contributed by atoms with Crippen LogP contribution in [0.1, 0.15) is 36.8 Å². The van der Waals surface area contributed by atoms with Gasteiger partial charge < -0.3 is 19.7 Å². The van der Waals surface area contributed by atoms with E-state index in [1.807, 2.05) is 6.20 Å². The lowest BCUT2D eigenvalue weighted by molar-refractivity contribution is -0.140. The van der Waals surface area contributed by atoms with Crippen molar-refractivity contribution in [1.29, 1.82) is 0 Å². The molecule has 2 aromatic rings. The minimum absolute atomic E-state index is 0.0185. The van der Waals surface area contributed by atoms with E-state index in [2.05, 4.69) is 30.1 Å². The number of rotatable bonds is 7. The molecule has 0 spiro atoms. The summed E-state index contributed by atoms with van der Waals surface area (Å²) in [5.41, 5.74) is 3.39. The van der Waals surface area contributed by atoms with E-state index in [1.54, 1.807) is 4.90 Å². The Morgan fingerprint density at radius 1 is 1.27 bits per heavy atom. The van der Waals surface area contributed by atoms with Crippen LogP contribution in [0.2, 0.25) is 0 Å². The Morgan fingerprint density at radius 3 is 2.77 bits per heavy atom. The predicted molar refractivity (Wildman–Crippen MR) is 99.2 cm³/mol. The van der Waals surface area contributed by atoms with E-state index in [4.69, 9.17) is 9.84 Å². The van der Waals surface area contributed by atoms with Crippen LogP contribution in [-0.4, -0.2) is 52.7 Å². The molecule has 1 aromatic heterocycles. The van der Waals surface area contributed by atoms with Crippen LogP contribution in [0.3, 0.4) is 0 Å². The van der Waals surface area contributed by atoms with Crippen molar-refractivity contribution in [2.45, 2.75) is 45.1 Å². The molecule has 0 aliphatic carbocycles. The first-order valence-corrected chi connectivity index (χ1v) is 9.20. The molecule has 0 saturated carbocycles. The van der Waals surface area contributed by atoms with Gasteiger partial charge in [-0.05, 0) is 43.9 Å². The normalized spacial score (nSPS) is 15.3. The van der Waals surface area contributed by atoms with E-state index < -0.39 is 5.97 Å². The zero-order valence-electron chi connectivity index (χ0n) is 15.2. The number of nitrogens with one attached hydrogen (secondary N) is 1. The Hall–Kier alpha value is -2.34. The number of fused-ring (bicyclic) bond motifs is 1. The first-order valence-electron chi connectivity index (χ1n) is 9.20. The number of aromatic nitrogens is 1. The van der Waals surface area contributed by atoms with E-state index in [0.29, 0.717) is 26.1 Å². The summed E-state index contributed by atoms with van der Waals surface area (Å²) in [6.45, 7) is 3.58. The number of aliphatic carboxylic acids is 1. The summed E-state index contributed by atoms with van der Waals surface area (Å²) in [6, 6.07) is 6.33. The van der Waals surface area contributed by atoms with Gasteiger partial charge in [0.1, 0.15) is 0 Å². The molecule has 140 valence electrons. The van der Waals surface area contributed by atoms with E-state index >= 15 is 0 Å². The van der Waals surface area contributed by atoms with Gasteiger partial charge in [0.05, 0.1) is 6.42 Å². The summed E-state index contributed by atoms with van der Waals surface area (Å²) in [6.07, 6.45) is 4.53. The molecule has 6 nitrogen and oxygen atoms in total. The number of nitrogens with zero attached hydrogens (tertiary/aromatic N) is 1. The van der Waals surface area contributed by atoms with Gasteiger partial charge in [-0.15, -0.1) is 0 Å². The average molecular weight is 358 g/mol. The molecule has 3 rings (SSSR count). The lowest BCUT2D eigenvalue weighted by Crippen LogP contribution is -2.44. The predicted octanol–water partition coefficient (Wildman–Crippen LogP) is 2.89. The van der Waals surface area contributed by atoms with Crippen molar-refractivity contribution in [2.24, 2.45) is 0 Å². The third-order valence-corrected chi connectivity index (χ3v) is 5.05. The van der Waals surface area contributed by atoms with Crippen molar-refractivity contribution in [3.05, 3.63) is 35.5 Å². The fraction of sp³-hybridized carbons (Fsp3) is 0.500. The number of aromatic amines is 1. The molecular weight excluding hydrogens is 332 g/mol. The number of benzene rings is 1. The summed E-state index contributed by atoms with van der Waals surface area (Å²) in [5.74, 6) is -0.845. The maximum Gasteiger partial charge on any atom is 0.305 e. The second-order valence-electron chi connectivity index (χ2n) is 6.94. The molecule has 1 fully saturated rings. The molecular formula is C20H26N2O4. The smallest absolute Gasteiger partial charge is 0.305 e. The Balaban J connectivity index is 1.67. The maximum atomic E-state index is 12.8. The van der Waals surface area contributed by atoms with Gasteiger partial charge in [-0.1, -0.05) is 11.6 Å². The zero-order chi connectivity index (χ0) is 18.5. The second-order valence-corrected chi connectivity index (χ2v) is 6.94. The summed E-state index contributed by atoms with van der Waals surface area (Å²) in [7, 11) is 0. The molecule has 1 saturated heterocycles. The highest BCUT2D eigenvalue weighted by Crippen LogP contribution is 2.22. The molecule has 6 heteroatoms. The van der Waals surface area contributed by atoms with Crippen LogP contribution >= 0.6 is 0 Å². The topological polar surface area (TPSA) is 82.6 Å². The Labute approximate surface area is 153 Å². The van der Waals surface area contributed by atoms with Gasteiger partial charge in [-0.25, -0.2) is 0 Å². The van der Waals surface area contributed by atoms with Crippen LogP contribution in [-0.2, 0) is 20.7 Å². The van der Waals surface area contributed by atoms with Gasteiger partial charge in [0, 0.05) is 49.3 Å². The van der Waals surface area contributed by atoms with Gasteiger partial charge in [-0.3, -0.25) is 9.59 Å². The average Bonchev–Trinajstić information content (AvgIpc) is 3.03. The van der Waals surface area contributed by atoms with Gasteiger partial charge in [0.2, 0.25) is 5.91 Å². The van der Waals surface area contributed by atoms with Gasteiger partial charge in [0.15, 0.2) is 0 Å². The monoisotopic (exact) mass is 358 g/mol. The fourth-order valence-electron chi connectivity index (χ4n) is 3.61. The SMILES string of the molecule is Cc1ccc2[nH]cc(CCC(=O)N(CCC(=O)O)C3CCOCC3)c2c1. The Kier molecular flexibility index (Phi) is 5.93. The van der Waals surface area contributed by atoms with Crippen LogP contribution in [0.25, 0.3) is 10.9 Å². The highest BCUT2D eigenvalue weighted by atomic mass is 16.5. The van der Waals surface area contributed by atoms with Crippen molar-refractivity contribution < 1.29 is 19.4 Å². The molecule has 0 unspecified atom stereocenters. The van der Waals surface area contributed by atoms with Gasteiger partial charge in [-0.2, -0.15) is 0 Å². The number of carboxylic acids is 1. The number of H-pyrrole nitrogens is 1. The van der Waals surface area contributed by atoms with Crippen molar-refractivity contribution in [2.75, 3.05) is 19.8 Å². The minimum Gasteiger partial charge on any atom is -0.481 e. The quantitative estimate of drug-likeness (QED) is 0.797. The maximum absolute atomic E-state index is 12.8. The molecule has 1 amide bonds. The number of ether oxygens (including phenoxy) is 1. The highest BCUT2D eigenvalue weighted by molar-refractivity contribution is 5.85. The van der Waals surface area contributed by atoms with Gasteiger partial charge in [0.25, 0.3) is 0 Å². The first-order chi connectivity index (χ1) is 12.5. The van der Waals surface area contributed by atoms with Crippen LogP contribution in [0.5, 0.6) is 0 Å². The molecule has 0 bridgehead atoms. The number of aryl methyl sites for hydroxylation is 2. The van der Waals surface area contributed by atoms with Crippen molar-refractivity contribution in [3.63, 3.8) is 0 Å². The lowest BCUT2D eigenvalue weighted by atomic mass is 10.0. The van der Waals surface area contributed by atoms with Crippen molar-refractivity contribution in [1.82, 2.24) is 9.88 Å². The molecule has 0 radical (unpaired) electrons. The fourth-order valence-corrected chi connectivity index (χ4v) is 3.61. The molecule has 1 aliphatic heterocycles. The van der Waals surface area contributed by atoms with Crippen LogP contribution in [0, 0.1) is 6.92 Å². The van der Waals surface area contributed by atoms with Crippen molar-refractivity contribution >= 4 is 22.8 Å². The van der Waals surface area contributed by atoms with Gasteiger partial charge >= 0.3 is 5.97 Å². The van der Waals surface area contributed by atoms with Crippen LogP contribution in [0.4, 0.5) is 0 Å². The third-order valence-electron chi connectivity index (χ3n) is 5.05.